The lowest BCUT2D eigenvalue weighted by Gasteiger charge is -2.48. The van der Waals surface area contributed by atoms with Gasteiger partial charge in [0.25, 0.3) is 0 Å². The lowest BCUT2D eigenvalue weighted by atomic mass is 9.76. The molecule has 0 amide bonds. The first kappa shape index (κ1) is 10.5. The fourth-order valence-corrected chi connectivity index (χ4v) is 3.85. The molecule has 1 saturated carbocycles. The van der Waals surface area contributed by atoms with E-state index in [0.29, 0.717) is 12.1 Å². The molecule has 3 fully saturated rings. The molecule has 4 heteroatoms. The summed E-state index contributed by atoms with van der Waals surface area (Å²) in [4.78, 5) is 13.5. The van der Waals surface area contributed by atoms with E-state index in [2.05, 4.69) is 4.90 Å². The second kappa shape index (κ2) is 3.70. The third-order valence-corrected chi connectivity index (χ3v) is 4.70. The van der Waals surface area contributed by atoms with Crippen LogP contribution < -0.4 is 0 Å². The standard InChI is InChI=1S/C12H19NO3/c14-9-5-7-1-2-8(6-9)13(7)11-4-3-10(11)12(15)16/h7-11,14H,1-6H2,(H,15,16). The van der Waals surface area contributed by atoms with Crippen molar-refractivity contribution in [1.29, 1.82) is 0 Å². The zero-order valence-electron chi connectivity index (χ0n) is 9.38. The molecular formula is C12H19NO3. The van der Waals surface area contributed by atoms with Crippen molar-refractivity contribution in [3.63, 3.8) is 0 Å². The van der Waals surface area contributed by atoms with E-state index in [0.717, 1.165) is 38.5 Å². The van der Waals surface area contributed by atoms with Gasteiger partial charge in [0.05, 0.1) is 12.0 Å². The molecule has 0 spiro atoms. The van der Waals surface area contributed by atoms with Crippen LogP contribution in [-0.2, 0) is 4.79 Å². The SMILES string of the molecule is O=C(O)C1CCC1N1C2CCC1CC(O)C2. The third-order valence-electron chi connectivity index (χ3n) is 4.70. The molecule has 0 aromatic rings. The molecule has 2 bridgehead atoms. The van der Waals surface area contributed by atoms with Crippen LogP contribution in [0.2, 0.25) is 0 Å². The number of nitrogens with zero attached hydrogens (tertiary/aromatic N) is 1. The number of carboxylic acid groups (broad SMARTS) is 1. The van der Waals surface area contributed by atoms with E-state index in [1.165, 1.54) is 0 Å². The second-order valence-corrected chi connectivity index (χ2v) is 5.55. The number of aliphatic carboxylic acids is 1. The van der Waals surface area contributed by atoms with E-state index in [4.69, 9.17) is 5.11 Å². The van der Waals surface area contributed by atoms with Crippen molar-refractivity contribution in [2.45, 2.75) is 62.8 Å². The lowest BCUT2D eigenvalue weighted by molar-refractivity contribution is -0.151. The number of hydrogen-bond donors (Lipinski definition) is 2. The summed E-state index contributed by atoms with van der Waals surface area (Å²) >= 11 is 0. The van der Waals surface area contributed by atoms with Crippen molar-refractivity contribution in [2.24, 2.45) is 5.92 Å². The van der Waals surface area contributed by atoms with Gasteiger partial charge in [0.15, 0.2) is 0 Å². The molecule has 2 heterocycles. The van der Waals surface area contributed by atoms with E-state index in [1.54, 1.807) is 0 Å². The molecule has 1 aliphatic carbocycles. The highest BCUT2D eigenvalue weighted by molar-refractivity contribution is 5.72. The van der Waals surface area contributed by atoms with E-state index in [-0.39, 0.29) is 18.1 Å². The fraction of sp³-hybridized carbons (Fsp3) is 0.917. The van der Waals surface area contributed by atoms with Gasteiger partial charge in [-0.05, 0) is 38.5 Å². The summed E-state index contributed by atoms with van der Waals surface area (Å²) in [7, 11) is 0. The number of rotatable bonds is 2. The maximum Gasteiger partial charge on any atom is 0.308 e. The first-order valence-corrected chi connectivity index (χ1v) is 6.35. The lowest BCUT2D eigenvalue weighted by Crippen LogP contribution is -2.57. The second-order valence-electron chi connectivity index (χ2n) is 5.55. The normalized spacial score (nSPS) is 47.7. The smallest absolute Gasteiger partial charge is 0.308 e. The van der Waals surface area contributed by atoms with Crippen LogP contribution in [-0.4, -0.2) is 45.3 Å². The Labute approximate surface area is 95.2 Å². The Balaban J connectivity index is 1.74. The minimum absolute atomic E-state index is 0.154. The van der Waals surface area contributed by atoms with Crippen LogP contribution in [0.4, 0.5) is 0 Å². The number of fused-ring (bicyclic) bond motifs is 2. The average molecular weight is 225 g/mol. The topological polar surface area (TPSA) is 60.8 Å². The first-order valence-electron chi connectivity index (χ1n) is 6.35. The van der Waals surface area contributed by atoms with Crippen molar-refractivity contribution in [2.75, 3.05) is 0 Å². The van der Waals surface area contributed by atoms with Crippen molar-refractivity contribution in [3.05, 3.63) is 0 Å². The minimum atomic E-state index is -0.637. The van der Waals surface area contributed by atoms with Crippen molar-refractivity contribution in [3.8, 4) is 0 Å². The highest BCUT2D eigenvalue weighted by Gasteiger charge is 2.50. The van der Waals surface area contributed by atoms with Gasteiger partial charge in [-0.15, -0.1) is 0 Å². The van der Waals surface area contributed by atoms with Gasteiger partial charge in [-0.25, -0.2) is 0 Å². The maximum absolute atomic E-state index is 11.1. The van der Waals surface area contributed by atoms with Gasteiger partial charge >= 0.3 is 5.97 Å². The Morgan fingerprint density at radius 1 is 1.06 bits per heavy atom. The monoisotopic (exact) mass is 225 g/mol. The van der Waals surface area contributed by atoms with E-state index >= 15 is 0 Å². The largest absolute Gasteiger partial charge is 0.481 e. The molecule has 4 unspecified atom stereocenters. The van der Waals surface area contributed by atoms with E-state index < -0.39 is 5.97 Å². The predicted octanol–water partition coefficient (Wildman–Crippen LogP) is 0.837. The number of aliphatic hydroxyl groups excluding tert-OH is 1. The summed E-state index contributed by atoms with van der Waals surface area (Å²) in [6.45, 7) is 0. The molecule has 0 aromatic heterocycles. The van der Waals surface area contributed by atoms with Crippen molar-refractivity contribution in [1.82, 2.24) is 4.90 Å². The van der Waals surface area contributed by atoms with Crippen LogP contribution in [0.15, 0.2) is 0 Å². The van der Waals surface area contributed by atoms with Crippen LogP contribution in [0.25, 0.3) is 0 Å². The number of aliphatic hydroxyl groups is 1. The van der Waals surface area contributed by atoms with Crippen LogP contribution in [0, 0.1) is 5.92 Å². The highest BCUT2D eigenvalue weighted by Crippen LogP contribution is 2.44. The van der Waals surface area contributed by atoms with Crippen LogP contribution >= 0.6 is 0 Å². The maximum atomic E-state index is 11.1. The van der Waals surface area contributed by atoms with Crippen molar-refractivity contribution >= 4 is 5.97 Å². The Bertz CT molecular complexity index is 293. The Morgan fingerprint density at radius 2 is 1.69 bits per heavy atom. The molecule has 3 aliphatic rings. The van der Waals surface area contributed by atoms with Gasteiger partial charge in [0.1, 0.15) is 0 Å². The molecule has 0 radical (unpaired) electrons. The first-order chi connectivity index (χ1) is 7.66. The fourth-order valence-electron chi connectivity index (χ4n) is 3.85. The molecule has 4 atom stereocenters. The van der Waals surface area contributed by atoms with Gasteiger partial charge in [0, 0.05) is 18.1 Å². The number of piperidine rings is 1. The molecule has 2 N–H and O–H groups in total. The zero-order chi connectivity index (χ0) is 11.3. The highest BCUT2D eigenvalue weighted by atomic mass is 16.4. The molecule has 90 valence electrons. The van der Waals surface area contributed by atoms with Crippen LogP contribution in [0.1, 0.15) is 38.5 Å². The summed E-state index contributed by atoms with van der Waals surface area (Å²) in [5.74, 6) is -0.792. The van der Waals surface area contributed by atoms with Gasteiger partial charge in [-0.3, -0.25) is 9.69 Å². The van der Waals surface area contributed by atoms with E-state index in [9.17, 15) is 9.90 Å². The molecule has 3 rings (SSSR count). The molecule has 2 aliphatic heterocycles. The predicted molar refractivity (Wildman–Crippen MR) is 58.0 cm³/mol. The number of carbonyl (C=O) groups is 1. The van der Waals surface area contributed by atoms with E-state index in [1.807, 2.05) is 0 Å². The average Bonchev–Trinajstić information content (AvgIpc) is 2.42. The van der Waals surface area contributed by atoms with Crippen molar-refractivity contribution < 1.29 is 15.0 Å². The Hall–Kier alpha value is -0.610. The number of hydrogen-bond acceptors (Lipinski definition) is 3. The van der Waals surface area contributed by atoms with Crippen LogP contribution in [0.5, 0.6) is 0 Å². The quantitative estimate of drug-likeness (QED) is 0.731. The summed E-state index contributed by atoms with van der Waals surface area (Å²) in [6.07, 6.45) is 5.68. The van der Waals surface area contributed by atoms with Gasteiger partial charge in [-0.2, -0.15) is 0 Å². The summed E-state index contributed by atoms with van der Waals surface area (Å²) in [5, 5.41) is 18.8. The summed E-state index contributed by atoms with van der Waals surface area (Å²) in [5.41, 5.74) is 0. The third kappa shape index (κ3) is 1.47. The number of carboxylic acids is 1. The van der Waals surface area contributed by atoms with Gasteiger partial charge in [-0.1, -0.05) is 0 Å². The molecule has 4 nitrogen and oxygen atoms in total. The van der Waals surface area contributed by atoms with Crippen LogP contribution in [0.3, 0.4) is 0 Å². The molecule has 16 heavy (non-hydrogen) atoms. The molecule has 0 aromatic carbocycles. The van der Waals surface area contributed by atoms with Gasteiger partial charge in [0.2, 0.25) is 0 Å². The summed E-state index contributed by atoms with van der Waals surface area (Å²) in [6, 6.07) is 1.14. The molecule has 2 saturated heterocycles. The summed E-state index contributed by atoms with van der Waals surface area (Å²) < 4.78 is 0. The minimum Gasteiger partial charge on any atom is -0.481 e. The van der Waals surface area contributed by atoms with Gasteiger partial charge < -0.3 is 10.2 Å². The Morgan fingerprint density at radius 3 is 2.12 bits per heavy atom. The Kier molecular flexibility index (Phi) is 2.44. The zero-order valence-corrected chi connectivity index (χ0v) is 9.38. The molecular weight excluding hydrogens is 206 g/mol.